The zero-order valence-corrected chi connectivity index (χ0v) is 24.5. The predicted molar refractivity (Wildman–Crippen MR) is 161 cm³/mol. The number of nitrogens with zero attached hydrogens (tertiary/aromatic N) is 2. The van der Waals surface area contributed by atoms with Crippen LogP contribution in [0.5, 0.6) is 23.0 Å². The van der Waals surface area contributed by atoms with Gasteiger partial charge in [-0.2, -0.15) is 0 Å². The van der Waals surface area contributed by atoms with E-state index in [0.29, 0.717) is 53.3 Å². The fourth-order valence-electron chi connectivity index (χ4n) is 5.06. The Hall–Kier alpha value is -3.79. The molecule has 5 rings (SSSR count). The highest BCUT2D eigenvalue weighted by Gasteiger charge is 2.23. The molecule has 1 N–H and O–H groups in total. The maximum atomic E-state index is 13.8. The molecule has 0 atom stereocenters. The van der Waals surface area contributed by atoms with Crippen LogP contribution in [0, 0.1) is 0 Å². The second-order valence-corrected chi connectivity index (χ2v) is 10.6. The molecule has 1 fully saturated rings. The molecule has 0 radical (unpaired) electrons. The molecule has 9 nitrogen and oxygen atoms in total. The largest absolute Gasteiger partial charge is 0.494 e. The summed E-state index contributed by atoms with van der Waals surface area (Å²) >= 11 is 6.26. The Kier molecular flexibility index (Phi) is 10.2. The molecule has 10 heteroatoms. The summed E-state index contributed by atoms with van der Waals surface area (Å²) in [6.07, 6.45) is 2.34. The van der Waals surface area contributed by atoms with Gasteiger partial charge in [0.05, 0.1) is 25.5 Å². The van der Waals surface area contributed by atoms with Crippen molar-refractivity contribution >= 4 is 29.1 Å². The van der Waals surface area contributed by atoms with E-state index < -0.39 is 5.91 Å². The number of halogens is 1. The van der Waals surface area contributed by atoms with Crippen molar-refractivity contribution in [1.29, 1.82) is 0 Å². The molecule has 1 saturated heterocycles. The van der Waals surface area contributed by atoms with Crippen molar-refractivity contribution in [2.45, 2.75) is 26.3 Å². The van der Waals surface area contributed by atoms with E-state index in [0.717, 1.165) is 24.4 Å². The fraction of sp³-hybridized carbons (Fsp3) is 0.375. The molecule has 0 aromatic heterocycles. The number of hydrogen-bond donors (Lipinski definition) is 1. The third kappa shape index (κ3) is 7.73. The molecule has 2 amide bonds. The van der Waals surface area contributed by atoms with Crippen LogP contribution in [-0.2, 0) is 16.1 Å². The van der Waals surface area contributed by atoms with Gasteiger partial charge in [0.2, 0.25) is 5.91 Å². The second-order valence-electron chi connectivity index (χ2n) is 10.2. The summed E-state index contributed by atoms with van der Waals surface area (Å²) in [4.78, 5) is 31.0. The van der Waals surface area contributed by atoms with E-state index in [1.165, 1.54) is 17.7 Å². The minimum Gasteiger partial charge on any atom is -0.494 e. The summed E-state index contributed by atoms with van der Waals surface area (Å²) in [7, 11) is 0. The quantitative estimate of drug-likeness (QED) is 0.411. The number of rotatable bonds is 5. The normalized spacial score (nSPS) is 16.6. The van der Waals surface area contributed by atoms with Gasteiger partial charge in [0, 0.05) is 29.2 Å². The maximum Gasteiger partial charge on any atom is 0.254 e. The minimum absolute atomic E-state index is 0.185. The van der Waals surface area contributed by atoms with E-state index in [-0.39, 0.29) is 32.2 Å². The lowest BCUT2D eigenvalue weighted by molar-refractivity contribution is -0.117. The van der Waals surface area contributed by atoms with Gasteiger partial charge in [-0.05, 0) is 81.4 Å². The first-order valence-corrected chi connectivity index (χ1v) is 14.7. The van der Waals surface area contributed by atoms with Gasteiger partial charge >= 0.3 is 0 Å². The van der Waals surface area contributed by atoms with Crippen molar-refractivity contribution in [1.82, 2.24) is 9.80 Å². The molecule has 0 saturated carbocycles. The standard InChI is InChI=1S/C32H36ClN3O6/c1-2-40-27-11-9-23(19-24(27)21-35-13-5-6-14-35)32(38)36-15-16-39-17-18-41-29-7-3-4-8-30(29)42-28-12-10-25(33)20-26(28)34-31(37)22-36/h3-4,7-12,19-20H,2,5-6,13-18,21-22H2,1H3,(H,34,37). The van der Waals surface area contributed by atoms with Crippen LogP contribution in [0.2, 0.25) is 5.02 Å². The Balaban J connectivity index is 1.39. The smallest absolute Gasteiger partial charge is 0.254 e. The van der Waals surface area contributed by atoms with Crippen LogP contribution in [0.1, 0.15) is 35.7 Å². The Bertz CT molecular complexity index is 1390. The third-order valence-electron chi connectivity index (χ3n) is 7.10. The molecule has 2 heterocycles. The van der Waals surface area contributed by atoms with Gasteiger partial charge in [0.1, 0.15) is 18.9 Å². The third-order valence-corrected chi connectivity index (χ3v) is 7.33. The van der Waals surface area contributed by atoms with Gasteiger partial charge in [-0.1, -0.05) is 23.7 Å². The number of para-hydroxylation sites is 2. The van der Waals surface area contributed by atoms with Gasteiger partial charge in [-0.25, -0.2) is 0 Å². The minimum atomic E-state index is -0.391. The highest BCUT2D eigenvalue weighted by atomic mass is 35.5. The number of hydrogen-bond acceptors (Lipinski definition) is 7. The molecular weight excluding hydrogens is 558 g/mol. The SMILES string of the molecule is CCOc1ccc(C(=O)N2CCOCCOc3ccccc3Oc3ccc(Cl)cc3NC(=O)C2)cc1CN1CCCC1. The van der Waals surface area contributed by atoms with E-state index in [1.54, 1.807) is 36.4 Å². The first kappa shape index (κ1) is 29.7. The molecule has 222 valence electrons. The average Bonchev–Trinajstić information content (AvgIpc) is 3.49. The lowest BCUT2D eigenvalue weighted by atomic mass is 10.1. The molecule has 2 aliphatic heterocycles. The number of ether oxygens (including phenoxy) is 4. The Morgan fingerprint density at radius 2 is 1.76 bits per heavy atom. The van der Waals surface area contributed by atoms with Crippen molar-refractivity contribution in [3.63, 3.8) is 0 Å². The molecule has 0 aliphatic carbocycles. The highest BCUT2D eigenvalue weighted by Crippen LogP contribution is 2.36. The van der Waals surface area contributed by atoms with Crippen LogP contribution in [0.4, 0.5) is 5.69 Å². The Morgan fingerprint density at radius 3 is 2.57 bits per heavy atom. The average molecular weight is 594 g/mol. The number of fused-ring (bicyclic) bond motifs is 2. The molecule has 2 aliphatic rings. The first-order valence-electron chi connectivity index (χ1n) is 14.3. The summed E-state index contributed by atoms with van der Waals surface area (Å²) in [5, 5.41) is 3.30. The second kappa shape index (κ2) is 14.4. The lowest BCUT2D eigenvalue weighted by Crippen LogP contribution is -2.40. The van der Waals surface area contributed by atoms with E-state index >= 15 is 0 Å². The van der Waals surface area contributed by atoms with Crippen LogP contribution in [0.15, 0.2) is 60.7 Å². The molecule has 42 heavy (non-hydrogen) atoms. The van der Waals surface area contributed by atoms with Crippen LogP contribution >= 0.6 is 11.6 Å². The number of amides is 2. The zero-order chi connectivity index (χ0) is 29.3. The topological polar surface area (TPSA) is 89.6 Å². The van der Waals surface area contributed by atoms with Gasteiger partial charge in [0.15, 0.2) is 17.2 Å². The van der Waals surface area contributed by atoms with Crippen LogP contribution < -0.4 is 19.5 Å². The molecule has 0 unspecified atom stereocenters. The van der Waals surface area contributed by atoms with E-state index in [1.807, 2.05) is 31.2 Å². The van der Waals surface area contributed by atoms with Gasteiger partial charge < -0.3 is 29.2 Å². The number of carbonyl (C=O) groups is 2. The highest BCUT2D eigenvalue weighted by molar-refractivity contribution is 6.31. The van der Waals surface area contributed by atoms with E-state index in [9.17, 15) is 9.59 Å². The summed E-state index contributed by atoms with van der Waals surface area (Å²) in [5.41, 5.74) is 1.83. The number of anilines is 1. The predicted octanol–water partition coefficient (Wildman–Crippen LogP) is 5.62. The van der Waals surface area contributed by atoms with Crippen molar-refractivity contribution in [2.75, 3.05) is 57.9 Å². The Labute approximate surface area is 251 Å². The van der Waals surface area contributed by atoms with Crippen LogP contribution in [0.3, 0.4) is 0 Å². The monoisotopic (exact) mass is 593 g/mol. The van der Waals surface area contributed by atoms with Gasteiger partial charge in [0.25, 0.3) is 5.91 Å². The lowest BCUT2D eigenvalue weighted by Gasteiger charge is -2.24. The Morgan fingerprint density at radius 1 is 0.952 bits per heavy atom. The fourth-order valence-corrected chi connectivity index (χ4v) is 5.23. The van der Waals surface area contributed by atoms with E-state index in [2.05, 4.69) is 10.2 Å². The van der Waals surface area contributed by atoms with Crippen molar-refractivity contribution in [2.24, 2.45) is 0 Å². The first-order chi connectivity index (χ1) is 20.5. The summed E-state index contributed by atoms with van der Waals surface area (Å²) < 4.78 is 23.7. The molecule has 3 aromatic carbocycles. The summed E-state index contributed by atoms with van der Waals surface area (Å²) in [5.74, 6) is 1.54. The van der Waals surface area contributed by atoms with Crippen LogP contribution in [-0.4, -0.2) is 74.2 Å². The van der Waals surface area contributed by atoms with Gasteiger partial charge in [-0.15, -0.1) is 0 Å². The molecule has 3 aromatic rings. The number of likely N-dealkylation sites (tertiary alicyclic amines) is 1. The molecular formula is C32H36ClN3O6. The molecule has 0 spiro atoms. The zero-order valence-electron chi connectivity index (χ0n) is 23.8. The van der Waals surface area contributed by atoms with E-state index in [4.69, 9.17) is 30.5 Å². The van der Waals surface area contributed by atoms with Crippen molar-refractivity contribution in [3.8, 4) is 23.0 Å². The molecule has 0 bridgehead atoms. The summed E-state index contributed by atoms with van der Waals surface area (Å²) in [6, 6.07) is 17.7. The van der Waals surface area contributed by atoms with Crippen LogP contribution in [0.25, 0.3) is 0 Å². The van der Waals surface area contributed by atoms with Gasteiger partial charge in [-0.3, -0.25) is 14.5 Å². The number of benzene rings is 3. The maximum absolute atomic E-state index is 13.8. The van der Waals surface area contributed by atoms with Crippen molar-refractivity contribution < 1.29 is 28.5 Å². The van der Waals surface area contributed by atoms with Crippen molar-refractivity contribution in [3.05, 3.63) is 76.8 Å². The number of nitrogens with one attached hydrogen (secondary N) is 1. The summed E-state index contributed by atoms with van der Waals surface area (Å²) in [6.45, 7) is 6.10. The number of carbonyl (C=O) groups excluding carboxylic acids is 2.